The molecular formula is C25H25N7O. The van der Waals surface area contributed by atoms with Crippen LogP contribution >= 0.6 is 0 Å². The third-order valence-corrected chi connectivity index (χ3v) is 5.74. The van der Waals surface area contributed by atoms with Crippen molar-refractivity contribution in [2.45, 2.75) is 45.6 Å². The van der Waals surface area contributed by atoms with Gasteiger partial charge in [0.1, 0.15) is 23.5 Å². The highest BCUT2D eigenvalue weighted by atomic mass is 16.1. The molecule has 0 aromatic carbocycles. The van der Waals surface area contributed by atoms with E-state index in [2.05, 4.69) is 37.4 Å². The third-order valence-electron chi connectivity index (χ3n) is 5.74. The Kier molecular flexibility index (Phi) is 5.64. The first-order valence-corrected chi connectivity index (χ1v) is 11.2. The van der Waals surface area contributed by atoms with Crippen LogP contribution in [0.1, 0.15) is 54.0 Å². The summed E-state index contributed by atoms with van der Waals surface area (Å²) in [7, 11) is 0. The number of aryl methyl sites for hydroxylation is 2. The fourth-order valence-corrected chi connectivity index (χ4v) is 3.91. The van der Waals surface area contributed by atoms with E-state index in [9.17, 15) is 4.79 Å². The van der Waals surface area contributed by atoms with E-state index in [1.165, 1.54) is 0 Å². The molecule has 0 bridgehead atoms. The van der Waals surface area contributed by atoms with Crippen molar-refractivity contribution < 1.29 is 4.79 Å². The lowest BCUT2D eigenvalue weighted by Gasteiger charge is -2.12. The number of pyridine rings is 3. The normalized spacial score (nSPS) is 13.2. The van der Waals surface area contributed by atoms with E-state index >= 15 is 0 Å². The van der Waals surface area contributed by atoms with E-state index in [-0.39, 0.29) is 5.91 Å². The summed E-state index contributed by atoms with van der Waals surface area (Å²) in [5, 5.41) is 11.1. The Morgan fingerprint density at radius 2 is 2.03 bits per heavy atom. The van der Waals surface area contributed by atoms with Crippen molar-refractivity contribution in [3.8, 4) is 22.6 Å². The van der Waals surface area contributed by atoms with Gasteiger partial charge >= 0.3 is 0 Å². The van der Waals surface area contributed by atoms with Crippen LogP contribution in [-0.2, 0) is 6.42 Å². The molecule has 4 aromatic heterocycles. The van der Waals surface area contributed by atoms with E-state index < -0.39 is 0 Å². The van der Waals surface area contributed by atoms with Gasteiger partial charge in [-0.2, -0.15) is 0 Å². The Morgan fingerprint density at radius 3 is 2.85 bits per heavy atom. The van der Waals surface area contributed by atoms with Crippen LogP contribution in [0.4, 0.5) is 5.82 Å². The summed E-state index contributed by atoms with van der Waals surface area (Å²) in [5.74, 6) is 0.842. The Hall–Kier alpha value is -3.94. The summed E-state index contributed by atoms with van der Waals surface area (Å²) in [5.41, 5.74) is 5.02. The molecule has 4 heterocycles. The number of carbonyl (C=O) groups excluding carboxylic acids is 1. The topological polar surface area (TPSA) is 98.5 Å². The largest absolute Gasteiger partial charge is 0.309 e. The summed E-state index contributed by atoms with van der Waals surface area (Å²) >= 11 is 0. The average molecular weight is 440 g/mol. The monoisotopic (exact) mass is 439 g/mol. The predicted molar refractivity (Wildman–Crippen MR) is 126 cm³/mol. The molecule has 0 spiro atoms. The maximum absolute atomic E-state index is 13.0. The van der Waals surface area contributed by atoms with Crippen LogP contribution in [0.2, 0.25) is 0 Å². The summed E-state index contributed by atoms with van der Waals surface area (Å²) < 4.78 is 2.05. The number of carbonyl (C=O) groups is 1. The Morgan fingerprint density at radius 1 is 1.15 bits per heavy atom. The molecule has 0 saturated heterocycles. The molecule has 0 radical (unpaired) electrons. The van der Waals surface area contributed by atoms with E-state index in [0.717, 1.165) is 48.1 Å². The number of nitrogens with one attached hydrogen (secondary N) is 1. The zero-order valence-corrected chi connectivity index (χ0v) is 18.7. The molecule has 1 amide bonds. The molecule has 1 aliphatic rings. The Bertz CT molecular complexity index is 1310. The van der Waals surface area contributed by atoms with Crippen molar-refractivity contribution in [1.29, 1.82) is 0 Å². The third kappa shape index (κ3) is 4.37. The minimum atomic E-state index is -0.314. The molecule has 4 aromatic rings. The van der Waals surface area contributed by atoms with Crippen molar-refractivity contribution in [1.82, 2.24) is 29.7 Å². The molecule has 1 saturated carbocycles. The quantitative estimate of drug-likeness (QED) is 0.450. The first-order chi connectivity index (χ1) is 16.1. The number of hydrogen-bond acceptors (Lipinski definition) is 6. The molecule has 1 N–H and O–H groups in total. The maximum atomic E-state index is 13.0. The second-order valence-corrected chi connectivity index (χ2v) is 8.29. The van der Waals surface area contributed by atoms with Crippen molar-refractivity contribution in [3.63, 3.8) is 0 Å². The van der Waals surface area contributed by atoms with Gasteiger partial charge in [-0.1, -0.05) is 25.5 Å². The molecule has 0 aliphatic heterocycles. The van der Waals surface area contributed by atoms with E-state index in [1.54, 1.807) is 24.8 Å². The first kappa shape index (κ1) is 20.9. The number of aromatic nitrogens is 6. The molecule has 33 heavy (non-hydrogen) atoms. The predicted octanol–water partition coefficient (Wildman–Crippen LogP) is 4.65. The lowest BCUT2D eigenvalue weighted by Crippen LogP contribution is -2.15. The number of hydrogen-bond donors (Lipinski definition) is 1. The highest BCUT2D eigenvalue weighted by Gasteiger charge is 2.27. The molecule has 8 nitrogen and oxygen atoms in total. The van der Waals surface area contributed by atoms with Gasteiger partial charge in [0, 0.05) is 29.7 Å². The van der Waals surface area contributed by atoms with Gasteiger partial charge in [-0.15, -0.1) is 10.2 Å². The van der Waals surface area contributed by atoms with Crippen molar-refractivity contribution in [2.75, 3.05) is 5.32 Å². The highest BCUT2D eigenvalue weighted by Crippen LogP contribution is 2.37. The highest BCUT2D eigenvalue weighted by molar-refractivity contribution is 6.03. The van der Waals surface area contributed by atoms with Gasteiger partial charge in [0.05, 0.1) is 0 Å². The van der Waals surface area contributed by atoms with Crippen LogP contribution < -0.4 is 5.32 Å². The lowest BCUT2D eigenvalue weighted by molar-refractivity contribution is 0.102. The van der Waals surface area contributed by atoms with Crippen LogP contribution in [0, 0.1) is 6.92 Å². The molecule has 8 heteroatoms. The number of nitrogens with zero attached hydrogens (tertiary/aromatic N) is 6. The van der Waals surface area contributed by atoms with Gasteiger partial charge in [0.25, 0.3) is 5.91 Å². The van der Waals surface area contributed by atoms with Gasteiger partial charge in [0.15, 0.2) is 5.82 Å². The summed E-state index contributed by atoms with van der Waals surface area (Å²) in [6, 6.07) is 11.7. The smallest absolute Gasteiger partial charge is 0.275 e. The SMILES string of the molecule is CCCc1ncccc1-c1cc(C(=O)Nc2cccc(-c3nncn3C3CC3)n2)ncc1C. The summed E-state index contributed by atoms with van der Waals surface area (Å²) in [4.78, 5) is 26.5. The van der Waals surface area contributed by atoms with Crippen molar-refractivity contribution in [2.24, 2.45) is 0 Å². The molecule has 0 unspecified atom stereocenters. The molecule has 0 atom stereocenters. The van der Waals surface area contributed by atoms with E-state index in [0.29, 0.717) is 29.1 Å². The van der Waals surface area contributed by atoms with Gasteiger partial charge in [-0.05, 0) is 61.6 Å². The van der Waals surface area contributed by atoms with Gasteiger partial charge < -0.3 is 9.88 Å². The summed E-state index contributed by atoms with van der Waals surface area (Å²) in [6.07, 6.45) is 9.40. The fraction of sp³-hybridized carbons (Fsp3) is 0.280. The fourth-order valence-electron chi connectivity index (χ4n) is 3.91. The number of rotatable bonds is 7. The van der Waals surface area contributed by atoms with Gasteiger partial charge in [-0.3, -0.25) is 14.8 Å². The second kappa shape index (κ2) is 8.90. The zero-order chi connectivity index (χ0) is 22.8. The van der Waals surface area contributed by atoms with Crippen LogP contribution in [-0.4, -0.2) is 35.6 Å². The number of anilines is 1. The minimum Gasteiger partial charge on any atom is -0.309 e. The maximum Gasteiger partial charge on any atom is 0.275 e. The Labute approximate surface area is 192 Å². The zero-order valence-electron chi connectivity index (χ0n) is 18.7. The van der Waals surface area contributed by atoms with Crippen LogP contribution in [0.3, 0.4) is 0 Å². The molecule has 1 fully saturated rings. The van der Waals surface area contributed by atoms with E-state index in [1.807, 2.05) is 41.8 Å². The van der Waals surface area contributed by atoms with Gasteiger partial charge in [-0.25, -0.2) is 4.98 Å². The van der Waals surface area contributed by atoms with Crippen LogP contribution in [0.25, 0.3) is 22.6 Å². The average Bonchev–Trinajstić information content (AvgIpc) is 3.56. The lowest BCUT2D eigenvalue weighted by atomic mass is 9.98. The van der Waals surface area contributed by atoms with Crippen LogP contribution in [0.15, 0.2) is 55.1 Å². The standard InChI is InChI=1S/C25H25N7O/c1-3-6-20-18(7-5-12-26-20)19-13-22(27-14-16(19)2)25(33)30-23-9-4-8-21(29-23)24-31-28-15-32(24)17-10-11-17/h4-5,7-9,12-15,17H,3,6,10-11H2,1-2H3,(H,29,30,33). The van der Waals surface area contributed by atoms with E-state index in [4.69, 9.17) is 0 Å². The van der Waals surface area contributed by atoms with Crippen molar-refractivity contribution >= 4 is 11.7 Å². The second-order valence-electron chi connectivity index (χ2n) is 8.29. The van der Waals surface area contributed by atoms with Crippen LogP contribution in [0.5, 0.6) is 0 Å². The molecular weight excluding hydrogens is 414 g/mol. The summed E-state index contributed by atoms with van der Waals surface area (Å²) in [6.45, 7) is 4.12. The minimum absolute atomic E-state index is 0.314. The van der Waals surface area contributed by atoms with Gasteiger partial charge in [0.2, 0.25) is 0 Å². The molecule has 1 aliphatic carbocycles. The Balaban J connectivity index is 1.41. The van der Waals surface area contributed by atoms with Crippen molar-refractivity contribution in [3.05, 3.63) is 72.1 Å². The molecule has 166 valence electrons. The number of amides is 1. The molecule has 5 rings (SSSR count). The first-order valence-electron chi connectivity index (χ1n) is 11.2.